The summed E-state index contributed by atoms with van der Waals surface area (Å²) in [5.41, 5.74) is 2.42. The van der Waals surface area contributed by atoms with Crippen LogP contribution in [0.3, 0.4) is 0 Å². The van der Waals surface area contributed by atoms with E-state index < -0.39 is 5.91 Å². The van der Waals surface area contributed by atoms with E-state index in [9.17, 15) is 15.6 Å². The molecule has 146 valence electrons. The van der Waals surface area contributed by atoms with E-state index in [4.69, 9.17) is 4.74 Å². The summed E-state index contributed by atoms with van der Waals surface area (Å²) in [5.74, 6) is -1.97. The first-order valence-electron chi connectivity index (χ1n) is 9.24. The van der Waals surface area contributed by atoms with E-state index in [1.807, 2.05) is 36.4 Å². The van der Waals surface area contributed by atoms with Crippen molar-refractivity contribution >= 4 is 17.5 Å². The molecule has 28 heavy (non-hydrogen) atoms. The zero-order valence-corrected chi connectivity index (χ0v) is 16.7. The van der Waals surface area contributed by atoms with Crippen LogP contribution in [0.25, 0.3) is 6.08 Å². The molecule has 1 aromatic rings. The van der Waals surface area contributed by atoms with Gasteiger partial charge in [-0.1, -0.05) is 12.1 Å². The van der Waals surface area contributed by atoms with Gasteiger partial charge in [-0.15, -0.1) is 0 Å². The number of benzene rings is 1. The predicted octanol–water partition coefficient (Wildman–Crippen LogP) is 2.92. The molecule has 0 bridgehead atoms. The van der Waals surface area contributed by atoms with Crippen LogP contribution in [0.5, 0.6) is 0 Å². The average Bonchev–Trinajstić information content (AvgIpc) is 2.79. The maximum Gasteiger partial charge on any atom is 0.277 e. The lowest BCUT2D eigenvalue weighted by Gasteiger charge is -2.30. The lowest BCUT2D eigenvalue weighted by atomic mass is 10.0. The monoisotopic (exact) mass is 379 g/mol. The minimum absolute atomic E-state index is 0.0987. The summed E-state index contributed by atoms with van der Waals surface area (Å²) >= 11 is 0. The van der Waals surface area contributed by atoms with Crippen molar-refractivity contribution in [3.63, 3.8) is 0 Å². The van der Waals surface area contributed by atoms with Crippen LogP contribution in [-0.4, -0.2) is 36.4 Å². The summed E-state index contributed by atoms with van der Waals surface area (Å²) in [4.78, 5) is 6.44. The highest BCUT2D eigenvalue weighted by molar-refractivity contribution is 6.04. The zero-order valence-electron chi connectivity index (χ0n) is 16.7. The molecule has 7 heteroatoms. The Bertz CT molecular complexity index is 883. The smallest absolute Gasteiger partial charge is 0.277 e. The Balaban J connectivity index is 2.52. The highest BCUT2D eigenvalue weighted by atomic mass is 16.6. The maximum atomic E-state index is 11.1. The standard InChI is InChI=1S/C21H25N5O2/c1-5-26(6-2)17-10-8-16(9-11-17)12-18-15(4)24-19(13-22)20(14-23)25-21(18,27)28-7-3/h8-12,25,27H,5-7H2,1-4H3/b18-12-. The largest absolute Gasteiger partial charge is 0.372 e. The fourth-order valence-corrected chi connectivity index (χ4v) is 3.05. The maximum absolute atomic E-state index is 11.1. The first kappa shape index (κ1) is 21.2. The van der Waals surface area contributed by atoms with Crippen molar-refractivity contribution in [1.29, 1.82) is 10.5 Å². The topological polar surface area (TPSA) is 105 Å². The van der Waals surface area contributed by atoms with Crippen molar-refractivity contribution in [2.75, 3.05) is 24.6 Å². The van der Waals surface area contributed by atoms with Crippen LogP contribution < -0.4 is 10.2 Å². The molecular weight excluding hydrogens is 354 g/mol. The molecule has 0 amide bonds. The molecule has 1 unspecified atom stereocenters. The van der Waals surface area contributed by atoms with E-state index >= 15 is 0 Å². The first-order valence-corrected chi connectivity index (χ1v) is 9.24. The van der Waals surface area contributed by atoms with Crippen molar-refractivity contribution in [3.8, 4) is 12.1 Å². The van der Waals surface area contributed by atoms with Crippen LogP contribution in [-0.2, 0) is 4.74 Å². The Morgan fingerprint density at radius 3 is 2.32 bits per heavy atom. The Labute approximate surface area is 165 Å². The van der Waals surface area contributed by atoms with Gasteiger partial charge in [0.1, 0.15) is 12.1 Å². The van der Waals surface area contributed by atoms with E-state index in [0.717, 1.165) is 24.3 Å². The van der Waals surface area contributed by atoms with Gasteiger partial charge in [0.05, 0.1) is 5.57 Å². The Morgan fingerprint density at radius 2 is 1.82 bits per heavy atom. The summed E-state index contributed by atoms with van der Waals surface area (Å²) in [6.45, 7) is 9.62. The van der Waals surface area contributed by atoms with Crippen LogP contribution in [0.2, 0.25) is 0 Å². The number of anilines is 1. The second kappa shape index (κ2) is 9.18. The van der Waals surface area contributed by atoms with Crippen LogP contribution in [0, 0.1) is 22.7 Å². The van der Waals surface area contributed by atoms with Crippen molar-refractivity contribution in [3.05, 3.63) is 46.8 Å². The molecular formula is C21H25N5O2. The summed E-state index contributed by atoms with van der Waals surface area (Å²) < 4.78 is 5.52. The van der Waals surface area contributed by atoms with Crippen LogP contribution in [0.15, 0.2) is 46.2 Å². The molecule has 0 aliphatic carbocycles. The molecule has 0 spiro atoms. The minimum atomic E-state index is -1.97. The summed E-state index contributed by atoms with van der Waals surface area (Å²) in [7, 11) is 0. The van der Waals surface area contributed by atoms with Crippen molar-refractivity contribution in [2.45, 2.75) is 33.6 Å². The molecule has 0 saturated carbocycles. The van der Waals surface area contributed by atoms with E-state index in [1.54, 1.807) is 19.9 Å². The number of nitrogens with zero attached hydrogens (tertiary/aromatic N) is 4. The van der Waals surface area contributed by atoms with Crippen LogP contribution >= 0.6 is 0 Å². The first-order chi connectivity index (χ1) is 13.4. The summed E-state index contributed by atoms with van der Waals surface area (Å²) in [6, 6.07) is 11.6. The van der Waals surface area contributed by atoms with E-state index in [1.165, 1.54) is 0 Å². The van der Waals surface area contributed by atoms with Crippen LogP contribution in [0.1, 0.15) is 33.3 Å². The number of hydrogen-bond donors (Lipinski definition) is 2. The molecule has 1 aliphatic rings. The molecule has 0 fully saturated rings. The molecule has 0 saturated heterocycles. The van der Waals surface area contributed by atoms with E-state index in [-0.39, 0.29) is 18.0 Å². The summed E-state index contributed by atoms with van der Waals surface area (Å²) in [6.07, 6.45) is 1.74. The quantitative estimate of drug-likeness (QED) is 0.737. The fraction of sp³-hybridized carbons (Fsp3) is 0.381. The third kappa shape index (κ3) is 4.40. The second-order valence-corrected chi connectivity index (χ2v) is 6.17. The van der Waals surface area contributed by atoms with Gasteiger partial charge in [0.15, 0.2) is 11.4 Å². The van der Waals surface area contributed by atoms with Crippen LogP contribution in [0.4, 0.5) is 5.69 Å². The van der Waals surface area contributed by atoms with Crippen molar-refractivity contribution in [1.82, 2.24) is 5.32 Å². The molecule has 1 atom stereocenters. The Hall–Kier alpha value is -3.13. The predicted molar refractivity (Wildman–Crippen MR) is 109 cm³/mol. The molecule has 0 aromatic heterocycles. The Kier molecular flexibility index (Phi) is 6.94. The Morgan fingerprint density at radius 1 is 1.18 bits per heavy atom. The molecule has 2 rings (SSSR count). The molecule has 2 N–H and O–H groups in total. The van der Waals surface area contributed by atoms with Crippen molar-refractivity contribution < 1.29 is 9.84 Å². The molecule has 7 nitrogen and oxygen atoms in total. The number of ether oxygens (including phenoxy) is 1. The van der Waals surface area contributed by atoms with Gasteiger partial charge in [-0.05, 0) is 51.5 Å². The third-order valence-electron chi connectivity index (χ3n) is 4.47. The van der Waals surface area contributed by atoms with Gasteiger partial charge < -0.3 is 20.1 Å². The van der Waals surface area contributed by atoms with Crippen molar-refractivity contribution in [2.24, 2.45) is 4.99 Å². The van der Waals surface area contributed by atoms with Gasteiger partial charge in [-0.3, -0.25) is 0 Å². The molecule has 1 aromatic carbocycles. The number of allylic oxidation sites excluding steroid dienone is 2. The van der Waals surface area contributed by atoms with Gasteiger partial charge in [0.2, 0.25) is 0 Å². The van der Waals surface area contributed by atoms with E-state index in [0.29, 0.717) is 11.3 Å². The highest BCUT2D eigenvalue weighted by Crippen LogP contribution is 2.27. The SMILES string of the molecule is CCOC1(O)NC(C#N)=C(C#N)N=C(C)/C1=C/c1ccc(N(CC)CC)cc1. The average molecular weight is 379 g/mol. The van der Waals surface area contributed by atoms with Gasteiger partial charge >= 0.3 is 0 Å². The summed E-state index contributed by atoms with van der Waals surface area (Å²) in [5, 5.41) is 32.3. The number of aliphatic hydroxyl groups is 1. The molecule has 1 heterocycles. The van der Waals surface area contributed by atoms with Gasteiger partial charge in [-0.2, -0.15) is 10.5 Å². The van der Waals surface area contributed by atoms with Gasteiger partial charge in [-0.25, -0.2) is 4.99 Å². The van der Waals surface area contributed by atoms with Gasteiger partial charge in [0, 0.05) is 31.1 Å². The minimum Gasteiger partial charge on any atom is -0.372 e. The van der Waals surface area contributed by atoms with E-state index in [2.05, 4.69) is 29.1 Å². The lowest BCUT2D eigenvalue weighted by molar-refractivity contribution is -0.182. The normalized spacial score (nSPS) is 20.7. The number of nitrogens with one attached hydrogen (secondary N) is 1. The molecule has 0 radical (unpaired) electrons. The molecule has 1 aliphatic heterocycles. The number of aliphatic imine (C=N–C) groups is 1. The second-order valence-electron chi connectivity index (χ2n) is 6.17. The number of rotatable bonds is 6. The number of nitriles is 2. The lowest BCUT2D eigenvalue weighted by Crippen LogP contribution is -2.49. The zero-order chi connectivity index (χ0) is 20.7. The van der Waals surface area contributed by atoms with Gasteiger partial charge in [0.25, 0.3) is 5.91 Å². The third-order valence-corrected chi connectivity index (χ3v) is 4.47. The highest BCUT2D eigenvalue weighted by Gasteiger charge is 2.38. The fourth-order valence-electron chi connectivity index (χ4n) is 3.05. The number of hydrogen-bond acceptors (Lipinski definition) is 7.